The van der Waals surface area contributed by atoms with Crippen LogP contribution >= 0.6 is 0 Å². The average Bonchev–Trinajstić information content (AvgIpc) is 2.72. The molecule has 0 N–H and O–H groups in total. The molecule has 1 heterocycles. The number of rotatable bonds is 1. The molecule has 2 atom stereocenters. The molecular weight excluding hydrogens is 224 g/mol. The molecule has 96 valence electrons. The topological polar surface area (TPSA) is 22.4 Å². The lowest BCUT2D eigenvalue weighted by Gasteiger charge is -2.30. The maximum Gasteiger partial charge on any atom is 0.134 e. The van der Waals surface area contributed by atoms with Crippen molar-refractivity contribution in [1.82, 2.24) is 0 Å². The highest BCUT2D eigenvalue weighted by Crippen LogP contribution is 2.43. The van der Waals surface area contributed by atoms with Gasteiger partial charge in [-0.1, -0.05) is 6.92 Å². The standard InChI is InChI=1S/C16H20O2/c1-9-5-6-13(17-4)12-7-14-16(10(2)8-18-14)11(3)15(9)12/h7-9,13H,5-6H2,1-4H3/t9-,13+/m0/s1. The molecule has 1 aliphatic rings. The summed E-state index contributed by atoms with van der Waals surface area (Å²) >= 11 is 0. The number of methoxy groups -OCH3 is 1. The van der Waals surface area contributed by atoms with E-state index < -0.39 is 0 Å². The summed E-state index contributed by atoms with van der Waals surface area (Å²) in [6.45, 7) is 6.66. The monoisotopic (exact) mass is 244 g/mol. The summed E-state index contributed by atoms with van der Waals surface area (Å²) in [6.07, 6.45) is 4.39. The van der Waals surface area contributed by atoms with E-state index >= 15 is 0 Å². The predicted molar refractivity (Wildman–Crippen MR) is 73.1 cm³/mol. The first-order chi connectivity index (χ1) is 8.63. The average molecular weight is 244 g/mol. The summed E-state index contributed by atoms with van der Waals surface area (Å²) in [4.78, 5) is 0. The third kappa shape index (κ3) is 1.52. The molecule has 1 aromatic carbocycles. The van der Waals surface area contributed by atoms with Crippen molar-refractivity contribution in [2.45, 2.75) is 45.6 Å². The summed E-state index contributed by atoms with van der Waals surface area (Å²) in [7, 11) is 1.80. The fourth-order valence-corrected chi connectivity index (χ4v) is 3.49. The largest absolute Gasteiger partial charge is 0.464 e. The van der Waals surface area contributed by atoms with Gasteiger partial charge < -0.3 is 9.15 Å². The molecule has 2 nitrogen and oxygen atoms in total. The van der Waals surface area contributed by atoms with Crippen LogP contribution in [0.15, 0.2) is 16.7 Å². The maximum absolute atomic E-state index is 5.67. The number of aryl methyl sites for hydroxylation is 2. The van der Waals surface area contributed by atoms with Crippen molar-refractivity contribution in [2.75, 3.05) is 7.11 Å². The van der Waals surface area contributed by atoms with Crippen molar-refractivity contribution in [1.29, 1.82) is 0 Å². The lowest BCUT2D eigenvalue weighted by atomic mass is 9.78. The highest BCUT2D eigenvalue weighted by atomic mass is 16.5. The zero-order chi connectivity index (χ0) is 12.9. The van der Waals surface area contributed by atoms with Crippen molar-refractivity contribution in [3.8, 4) is 0 Å². The molecule has 0 spiro atoms. The fourth-order valence-electron chi connectivity index (χ4n) is 3.49. The molecule has 0 bridgehead atoms. The third-order valence-electron chi connectivity index (χ3n) is 4.37. The minimum absolute atomic E-state index is 0.227. The van der Waals surface area contributed by atoms with E-state index in [1.54, 1.807) is 7.11 Å². The van der Waals surface area contributed by atoms with Crippen LogP contribution < -0.4 is 0 Å². The zero-order valence-corrected chi connectivity index (χ0v) is 11.5. The van der Waals surface area contributed by atoms with Crippen LogP contribution in [0.2, 0.25) is 0 Å². The second-order valence-electron chi connectivity index (χ2n) is 5.50. The van der Waals surface area contributed by atoms with Gasteiger partial charge in [0, 0.05) is 12.5 Å². The Bertz CT molecular complexity index is 595. The summed E-state index contributed by atoms with van der Waals surface area (Å²) in [5, 5.41) is 1.29. The maximum atomic E-state index is 5.67. The van der Waals surface area contributed by atoms with E-state index in [9.17, 15) is 0 Å². The minimum atomic E-state index is 0.227. The van der Waals surface area contributed by atoms with E-state index in [-0.39, 0.29) is 6.10 Å². The first-order valence-corrected chi connectivity index (χ1v) is 6.67. The van der Waals surface area contributed by atoms with Gasteiger partial charge in [0.25, 0.3) is 0 Å². The summed E-state index contributed by atoms with van der Waals surface area (Å²) in [5.74, 6) is 0.616. The van der Waals surface area contributed by atoms with E-state index in [1.807, 2.05) is 6.26 Å². The summed E-state index contributed by atoms with van der Waals surface area (Å²) in [6, 6.07) is 2.19. The van der Waals surface area contributed by atoms with Gasteiger partial charge in [0.15, 0.2) is 0 Å². The molecule has 0 radical (unpaired) electrons. The van der Waals surface area contributed by atoms with Gasteiger partial charge in [-0.3, -0.25) is 0 Å². The summed E-state index contributed by atoms with van der Waals surface area (Å²) < 4.78 is 11.3. The Morgan fingerprint density at radius 1 is 1.28 bits per heavy atom. The molecular formula is C16H20O2. The Morgan fingerprint density at radius 3 is 2.78 bits per heavy atom. The van der Waals surface area contributed by atoms with E-state index in [4.69, 9.17) is 9.15 Å². The van der Waals surface area contributed by atoms with E-state index in [0.717, 1.165) is 12.0 Å². The quantitative estimate of drug-likeness (QED) is 0.729. The van der Waals surface area contributed by atoms with Crippen LogP contribution in [-0.4, -0.2) is 7.11 Å². The van der Waals surface area contributed by atoms with Crippen LogP contribution in [0.5, 0.6) is 0 Å². The molecule has 0 saturated carbocycles. The first-order valence-electron chi connectivity index (χ1n) is 6.67. The Balaban J connectivity index is 2.34. The van der Waals surface area contributed by atoms with Gasteiger partial charge in [0.05, 0.1) is 12.4 Å². The van der Waals surface area contributed by atoms with E-state index in [2.05, 4.69) is 26.8 Å². The van der Waals surface area contributed by atoms with Crippen molar-refractivity contribution in [2.24, 2.45) is 0 Å². The first kappa shape index (κ1) is 11.8. The molecule has 18 heavy (non-hydrogen) atoms. The highest BCUT2D eigenvalue weighted by Gasteiger charge is 2.28. The minimum Gasteiger partial charge on any atom is -0.464 e. The SMILES string of the molecule is CO[C@@H]1CC[C@H](C)c2c1cc1occ(C)c1c2C. The number of ether oxygens (including phenoxy) is 1. The van der Waals surface area contributed by atoms with Crippen molar-refractivity contribution in [3.05, 3.63) is 34.6 Å². The van der Waals surface area contributed by atoms with Crippen molar-refractivity contribution in [3.63, 3.8) is 0 Å². The van der Waals surface area contributed by atoms with Crippen LogP contribution in [0.4, 0.5) is 0 Å². The lowest BCUT2D eigenvalue weighted by Crippen LogP contribution is -2.15. The number of hydrogen-bond acceptors (Lipinski definition) is 2. The second-order valence-corrected chi connectivity index (χ2v) is 5.50. The molecule has 0 saturated heterocycles. The molecule has 3 rings (SSSR count). The van der Waals surface area contributed by atoms with Gasteiger partial charge in [-0.25, -0.2) is 0 Å². The van der Waals surface area contributed by atoms with Crippen LogP contribution in [0.1, 0.15) is 54.0 Å². The third-order valence-corrected chi connectivity index (χ3v) is 4.37. The molecule has 2 heteroatoms. The smallest absolute Gasteiger partial charge is 0.134 e. The number of furan rings is 1. The van der Waals surface area contributed by atoms with Crippen LogP contribution in [0.3, 0.4) is 0 Å². The summed E-state index contributed by atoms with van der Waals surface area (Å²) in [5.41, 5.74) is 6.42. The van der Waals surface area contributed by atoms with Gasteiger partial charge in [0.2, 0.25) is 0 Å². The van der Waals surface area contributed by atoms with Gasteiger partial charge >= 0.3 is 0 Å². The van der Waals surface area contributed by atoms with Gasteiger partial charge in [0.1, 0.15) is 5.58 Å². The zero-order valence-electron chi connectivity index (χ0n) is 11.5. The van der Waals surface area contributed by atoms with E-state index in [0.29, 0.717) is 5.92 Å². The Kier molecular flexibility index (Phi) is 2.70. The molecule has 1 aliphatic carbocycles. The lowest BCUT2D eigenvalue weighted by molar-refractivity contribution is 0.0850. The molecule has 1 aromatic heterocycles. The van der Waals surface area contributed by atoms with Crippen molar-refractivity contribution < 1.29 is 9.15 Å². The molecule has 0 unspecified atom stereocenters. The normalized spacial score (nSPS) is 23.3. The number of benzene rings is 1. The van der Waals surface area contributed by atoms with Gasteiger partial charge in [-0.2, -0.15) is 0 Å². The Labute approximate surface area is 108 Å². The highest BCUT2D eigenvalue weighted by molar-refractivity contribution is 5.86. The fraction of sp³-hybridized carbons (Fsp3) is 0.500. The molecule has 0 fully saturated rings. The van der Waals surface area contributed by atoms with Crippen LogP contribution in [-0.2, 0) is 4.74 Å². The van der Waals surface area contributed by atoms with Gasteiger partial charge in [-0.15, -0.1) is 0 Å². The molecule has 2 aromatic rings. The number of fused-ring (bicyclic) bond motifs is 2. The molecule has 0 aliphatic heterocycles. The van der Waals surface area contributed by atoms with Crippen LogP contribution in [0, 0.1) is 13.8 Å². The Hall–Kier alpha value is -1.28. The molecule has 0 amide bonds. The van der Waals surface area contributed by atoms with Crippen LogP contribution in [0.25, 0.3) is 11.0 Å². The Morgan fingerprint density at radius 2 is 2.06 bits per heavy atom. The predicted octanol–water partition coefficient (Wildman–Crippen LogP) is 4.63. The van der Waals surface area contributed by atoms with Crippen molar-refractivity contribution >= 4 is 11.0 Å². The van der Waals surface area contributed by atoms with Gasteiger partial charge in [-0.05, 0) is 60.9 Å². The second kappa shape index (κ2) is 4.13. The number of hydrogen-bond donors (Lipinski definition) is 0. The van der Waals surface area contributed by atoms with E-state index in [1.165, 1.54) is 34.1 Å².